The smallest absolute Gasteiger partial charge is 0.321 e. The minimum absolute atomic E-state index is 0.156. The third kappa shape index (κ3) is 5.45. The Morgan fingerprint density at radius 2 is 2.00 bits per heavy atom. The van der Waals surface area contributed by atoms with E-state index in [1.54, 1.807) is 21.1 Å². The lowest BCUT2D eigenvalue weighted by molar-refractivity contribution is -0.142. The molecule has 6 nitrogen and oxygen atoms in total. The monoisotopic (exact) mass is 248 g/mol. The van der Waals surface area contributed by atoms with Gasteiger partial charge in [0.15, 0.2) is 0 Å². The molecule has 0 spiro atoms. The molecule has 0 aliphatic rings. The maximum Gasteiger partial charge on any atom is 0.321 e. The number of nitrogens with one attached hydrogen (secondary N) is 2. The lowest BCUT2D eigenvalue weighted by Gasteiger charge is -2.29. The minimum Gasteiger partial charge on any atom is -0.480 e. The van der Waals surface area contributed by atoms with Gasteiger partial charge in [-0.15, -0.1) is 0 Å². The van der Waals surface area contributed by atoms with E-state index in [1.807, 2.05) is 6.92 Å². The van der Waals surface area contributed by atoms with Gasteiger partial charge < -0.3 is 25.6 Å². The molecule has 0 amide bonds. The first kappa shape index (κ1) is 16.3. The van der Waals surface area contributed by atoms with E-state index in [0.29, 0.717) is 13.2 Å². The number of aliphatic hydroxyl groups excluding tert-OH is 1. The number of methoxy groups -OCH3 is 1. The molecule has 0 radical (unpaired) electrons. The molecule has 0 rings (SSSR count). The van der Waals surface area contributed by atoms with Gasteiger partial charge in [-0.2, -0.15) is 0 Å². The van der Waals surface area contributed by atoms with Gasteiger partial charge in [0.2, 0.25) is 0 Å². The molecule has 0 aromatic carbocycles. The van der Waals surface area contributed by atoms with Crippen LogP contribution in [0, 0.1) is 5.92 Å². The Morgan fingerprint density at radius 1 is 1.41 bits per heavy atom. The summed E-state index contributed by atoms with van der Waals surface area (Å²) in [7, 11) is 3.29. The van der Waals surface area contributed by atoms with Crippen LogP contribution in [0.15, 0.2) is 0 Å². The quantitative estimate of drug-likeness (QED) is 0.403. The Hall–Kier alpha value is -0.690. The van der Waals surface area contributed by atoms with Crippen LogP contribution in [0.3, 0.4) is 0 Å². The largest absolute Gasteiger partial charge is 0.480 e. The molecular formula is C11H24N2O4. The van der Waals surface area contributed by atoms with E-state index in [1.165, 1.54) is 0 Å². The molecule has 102 valence electrons. The van der Waals surface area contributed by atoms with Gasteiger partial charge in [0.25, 0.3) is 0 Å². The second kappa shape index (κ2) is 8.41. The van der Waals surface area contributed by atoms with E-state index in [0.717, 1.165) is 0 Å². The van der Waals surface area contributed by atoms with Crippen molar-refractivity contribution in [2.24, 2.45) is 5.92 Å². The van der Waals surface area contributed by atoms with E-state index in [-0.39, 0.29) is 6.04 Å². The van der Waals surface area contributed by atoms with Crippen LogP contribution in [0.5, 0.6) is 0 Å². The maximum absolute atomic E-state index is 11.1. The first-order valence-corrected chi connectivity index (χ1v) is 5.76. The molecular weight excluding hydrogens is 224 g/mol. The summed E-state index contributed by atoms with van der Waals surface area (Å²) in [6, 6.07) is -0.938. The van der Waals surface area contributed by atoms with Gasteiger partial charge in [0.05, 0.1) is 12.7 Å². The van der Waals surface area contributed by atoms with Crippen molar-refractivity contribution >= 4 is 5.97 Å². The zero-order valence-corrected chi connectivity index (χ0v) is 10.9. The van der Waals surface area contributed by atoms with Crippen LogP contribution in [0.25, 0.3) is 0 Å². The minimum atomic E-state index is -0.962. The van der Waals surface area contributed by atoms with Crippen LogP contribution in [-0.4, -0.2) is 61.7 Å². The highest BCUT2D eigenvalue weighted by molar-refractivity contribution is 5.73. The van der Waals surface area contributed by atoms with Gasteiger partial charge in [-0.1, -0.05) is 6.92 Å². The summed E-state index contributed by atoms with van der Waals surface area (Å²) in [6.07, 6.45) is -0.726. The Morgan fingerprint density at radius 3 is 2.41 bits per heavy atom. The number of rotatable bonds is 9. The van der Waals surface area contributed by atoms with Gasteiger partial charge in [0.1, 0.15) is 6.04 Å². The molecule has 0 aliphatic carbocycles. The van der Waals surface area contributed by atoms with Gasteiger partial charge in [-0.25, -0.2) is 0 Å². The second-order valence-corrected chi connectivity index (χ2v) is 4.19. The summed E-state index contributed by atoms with van der Waals surface area (Å²) in [5.41, 5.74) is 0. The predicted molar refractivity (Wildman–Crippen MR) is 65.0 cm³/mol. The SMILES string of the molecule is CN[C@@H](C)[C@H](O)[C@H](C)C(NCCOC)C(=O)O. The Balaban J connectivity index is 4.42. The molecule has 4 atom stereocenters. The predicted octanol–water partition coefficient (Wildman–Crippen LogP) is -0.719. The number of carboxylic acids is 1. The number of aliphatic hydroxyl groups is 1. The molecule has 0 fully saturated rings. The zero-order chi connectivity index (χ0) is 13.4. The first-order chi connectivity index (χ1) is 7.95. The van der Waals surface area contributed by atoms with Crippen LogP contribution in [0.2, 0.25) is 0 Å². The highest BCUT2D eigenvalue weighted by atomic mass is 16.5. The number of hydrogen-bond acceptors (Lipinski definition) is 5. The summed E-state index contributed by atoms with van der Waals surface area (Å²) in [5, 5.41) is 24.9. The lowest BCUT2D eigenvalue weighted by Crippen LogP contribution is -2.51. The molecule has 17 heavy (non-hydrogen) atoms. The number of likely N-dealkylation sites (N-methyl/N-ethyl adjacent to an activating group) is 1. The van der Waals surface area contributed by atoms with Crippen molar-refractivity contribution in [1.29, 1.82) is 0 Å². The van der Waals surface area contributed by atoms with Crippen molar-refractivity contribution < 1.29 is 19.7 Å². The van der Waals surface area contributed by atoms with Crippen LogP contribution in [0.1, 0.15) is 13.8 Å². The topological polar surface area (TPSA) is 90.8 Å². The molecule has 0 aromatic rings. The molecule has 4 N–H and O–H groups in total. The number of ether oxygens (including phenoxy) is 1. The number of carboxylic acid groups (broad SMARTS) is 1. The van der Waals surface area contributed by atoms with Gasteiger partial charge in [-0.3, -0.25) is 4.79 Å². The van der Waals surface area contributed by atoms with Gasteiger partial charge in [-0.05, 0) is 14.0 Å². The van der Waals surface area contributed by atoms with E-state index in [2.05, 4.69) is 10.6 Å². The van der Waals surface area contributed by atoms with Crippen molar-refractivity contribution in [3.63, 3.8) is 0 Å². The van der Waals surface area contributed by atoms with E-state index >= 15 is 0 Å². The highest BCUT2D eigenvalue weighted by Crippen LogP contribution is 2.12. The molecule has 0 saturated heterocycles. The lowest BCUT2D eigenvalue weighted by atomic mass is 9.91. The van der Waals surface area contributed by atoms with Crippen molar-refractivity contribution in [2.75, 3.05) is 27.3 Å². The standard InChI is InChI=1S/C11H24N2O4/c1-7(10(14)8(2)12-3)9(11(15)16)13-5-6-17-4/h7-10,12-14H,5-6H2,1-4H3,(H,15,16)/t7-,8+,9?,10-/m1/s1. The Labute approximate surface area is 102 Å². The molecule has 0 bridgehead atoms. The van der Waals surface area contributed by atoms with Crippen molar-refractivity contribution in [3.05, 3.63) is 0 Å². The molecule has 0 heterocycles. The summed E-state index contributed by atoms with van der Waals surface area (Å²) >= 11 is 0. The van der Waals surface area contributed by atoms with Crippen LogP contribution < -0.4 is 10.6 Å². The summed E-state index contributed by atoms with van der Waals surface area (Å²) in [4.78, 5) is 11.1. The fourth-order valence-electron chi connectivity index (χ4n) is 1.64. The normalized spacial score (nSPS) is 18.4. The summed E-state index contributed by atoms with van der Waals surface area (Å²) in [5.74, 6) is -1.36. The third-order valence-electron chi connectivity index (χ3n) is 2.97. The molecule has 0 aromatic heterocycles. The number of aliphatic carboxylic acids is 1. The zero-order valence-electron chi connectivity index (χ0n) is 10.9. The average molecular weight is 248 g/mol. The fourth-order valence-corrected chi connectivity index (χ4v) is 1.64. The second-order valence-electron chi connectivity index (χ2n) is 4.19. The van der Waals surface area contributed by atoms with E-state index in [4.69, 9.17) is 9.84 Å². The summed E-state index contributed by atoms with van der Waals surface area (Å²) in [6.45, 7) is 4.42. The van der Waals surface area contributed by atoms with E-state index in [9.17, 15) is 9.90 Å². The maximum atomic E-state index is 11.1. The van der Waals surface area contributed by atoms with Crippen molar-refractivity contribution in [2.45, 2.75) is 32.0 Å². The molecule has 6 heteroatoms. The third-order valence-corrected chi connectivity index (χ3v) is 2.97. The molecule has 0 saturated carbocycles. The number of carbonyl (C=O) groups is 1. The Bertz CT molecular complexity index is 226. The first-order valence-electron chi connectivity index (χ1n) is 5.76. The Kier molecular flexibility index (Phi) is 8.07. The van der Waals surface area contributed by atoms with E-state index < -0.39 is 24.0 Å². The molecule has 0 aliphatic heterocycles. The van der Waals surface area contributed by atoms with Crippen molar-refractivity contribution in [1.82, 2.24) is 10.6 Å². The van der Waals surface area contributed by atoms with Crippen molar-refractivity contribution in [3.8, 4) is 0 Å². The fraction of sp³-hybridized carbons (Fsp3) is 0.909. The number of hydrogen-bond donors (Lipinski definition) is 4. The average Bonchev–Trinajstić information content (AvgIpc) is 2.31. The van der Waals surface area contributed by atoms with Gasteiger partial charge >= 0.3 is 5.97 Å². The van der Waals surface area contributed by atoms with Crippen LogP contribution >= 0.6 is 0 Å². The van der Waals surface area contributed by atoms with Crippen LogP contribution in [0.4, 0.5) is 0 Å². The molecule has 1 unspecified atom stereocenters. The van der Waals surface area contributed by atoms with Crippen LogP contribution in [-0.2, 0) is 9.53 Å². The summed E-state index contributed by atoms with van der Waals surface area (Å²) < 4.78 is 4.85. The highest BCUT2D eigenvalue weighted by Gasteiger charge is 2.31. The van der Waals surface area contributed by atoms with Gasteiger partial charge in [0, 0.05) is 25.6 Å².